The average molecular weight is 444 g/mol. The fourth-order valence-electron chi connectivity index (χ4n) is 4.00. The van der Waals surface area contributed by atoms with Crippen LogP contribution in [0.15, 0.2) is 41.7 Å². The van der Waals surface area contributed by atoms with Gasteiger partial charge < -0.3 is 15.3 Å². The molecule has 166 valence electrons. The smallest absolute Gasteiger partial charge is 0.199 e. The van der Waals surface area contributed by atoms with Crippen LogP contribution >= 0.6 is 0 Å². The molecule has 1 aromatic heterocycles. The second kappa shape index (κ2) is 10.1. The maximum atomic E-state index is 12.7. The van der Waals surface area contributed by atoms with Crippen LogP contribution in [0, 0.1) is 0 Å². The van der Waals surface area contributed by atoms with Gasteiger partial charge in [-0.05, 0) is 61.9 Å². The van der Waals surface area contributed by atoms with Crippen LogP contribution in [-0.2, 0) is 22.4 Å². The number of oxime groups is 1. The number of aryl methyl sites for hydroxylation is 1. The van der Waals surface area contributed by atoms with E-state index in [1.54, 1.807) is 19.4 Å². The first-order chi connectivity index (χ1) is 15.2. The van der Waals surface area contributed by atoms with Crippen LogP contribution in [0.1, 0.15) is 36.8 Å². The number of unbranched alkanes of at least 4 members (excludes halogenated alkanes) is 2. The van der Waals surface area contributed by atoms with Crippen molar-refractivity contribution in [1.82, 2.24) is 9.29 Å². The van der Waals surface area contributed by atoms with Crippen molar-refractivity contribution in [3.63, 3.8) is 0 Å². The van der Waals surface area contributed by atoms with Gasteiger partial charge in [0.05, 0.1) is 18.0 Å². The zero-order chi connectivity index (χ0) is 21.6. The highest BCUT2D eigenvalue weighted by atomic mass is 32.2. The van der Waals surface area contributed by atoms with E-state index < -0.39 is 11.2 Å². The molecule has 0 saturated carbocycles. The highest BCUT2D eigenvalue weighted by Gasteiger charge is 2.28. The van der Waals surface area contributed by atoms with Gasteiger partial charge in [-0.3, -0.25) is 4.31 Å². The Balaban J connectivity index is 1.16. The quantitative estimate of drug-likeness (QED) is 0.475. The van der Waals surface area contributed by atoms with Crippen molar-refractivity contribution in [1.29, 1.82) is 0 Å². The molecule has 31 heavy (non-hydrogen) atoms. The summed E-state index contributed by atoms with van der Waals surface area (Å²) in [7, 11) is 1.58. The molecule has 0 bridgehead atoms. The van der Waals surface area contributed by atoms with E-state index in [0.29, 0.717) is 12.4 Å². The molecular weight excluding hydrogens is 414 g/mol. The van der Waals surface area contributed by atoms with Crippen molar-refractivity contribution < 1.29 is 13.8 Å². The SMILES string of the molecule is CO/N=C1\CCc2cc(OCCCCCN3CCN(c4ccnc(N)c4)S3=O)ccc21. The number of hydrogen-bond donors (Lipinski definition) is 1. The van der Waals surface area contributed by atoms with Crippen molar-refractivity contribution in [2.75, 3.05) is 43.4 Å². The molecule has 2 aromatic rings. The third-order valence-electron chi connectivity index (χ3n) is 5.56. The third kappa shape index (κ3) is 5.16. The maximum absolute atomic E-state index is 12.7. The Morgan fingerprint density at radius 2 is 2.06 bits per heavy atom. The number of anilines is 2. The van der Waals surface area contributed by atoms with Crippen LogP contribution in [0.4, 0.5) is 11.5 Å². The fraction of sp³-hybridized carbons (Fsp3) is 0.455. The van der Waals surface area contributed by atoms with E-state index in [1.165, 1.54) is 5.56 Å². The Labute approximate surface area is 185 Å². The van der Waals surface area contributed by atoms with Gasteiger partial charge in [-0.1, -0.05) is 5.16 Å². The molecule has 1 saturated heterocycles. The van der Waals surface area contributed by atoms with E-state index in [9.17, 15) is 4.21 Å². The lowest BCUT2D eigenvalue weighted by atomic mass is 10.1. The predicted octanol–water partition coefficient (Wildman–Crippen LogP) is 2.91. The summed E-state index contributed by atoms with van der Waals surface area (Å²) in [6.45, 7) is 3.01. The van der Waals surface area contributed by atoms with Crippen molar-refractivity contribution >= 4 is 28.4 Å². The first kappa shape index (κ1) is 21.6. The van der Waals surface area contributed by atoms with E-state index in [1.807, 2.05) is 20.7 Å². The van der Waals surface area contributed by atoms with Crippen LogP contribution in [0.5, 0.6) is 5.75 Å². The molecule has 1 unspecified atom stereocenters. The minimum Gasteiger partial charge on any atom is -0.494 e. The van der Waals surface area contributed by atoms with E-state index in [-0.39, 0.29) is 0 Å². The highest BCUT2D eigenvalue weighted by molar-refractivity contribution is 7.84. The van der Waals surface area contributed by atoms with Crippen LogP contribution in [-0.4, -0.2) is 52.6 Å². The van der Waals surface area contributed by atoms with E-state index >= 15 is 0 Å². The second-order valence-corrected chi connectivity index (χ2v) is 9.07. The second-order valence-electron chi connectivity index (χ2n) is 7.65. The minimum atomic E-state index is -1.17. The van der Waals surface area contributed by atoms with Crippen molar-refractivity contribution in [3.8, 4) is 5.75 Å². The van der Waals surface area contributed by atoms with Crippen molar-refractivity contribution in [2.45, 2.75) is 32.1 Å². The molecule has 1 aliphatic heterocycles. The number of ether oxygens (including phenoxy) is 1. The molecule has 1 aliphatic carbocycles. The van der Waals surface area contributed by atoms with Gasteiger partial charge >= 0.3 is 0 Å². The number of aromatic nitrogens is 1. The molecule has 8 nitrogen and oxygen atoms in total. The van der Waals surface area contributed by atoms with Crippen LogP contribution < -0.4 is 14.8 Å². The molecule has 9 heteroatoms. The van der Waals surface area contributed by atoms with E-state index in [4.69, 9.17) is 15.3 Å². The van der Waals surface area contributed by atoms with Crippen LogP contribution in [0.2, 0.25) is 0 Å². The molecule has 0 radical (unpaired) electrons. The molecule has 1 atom stereocenters. The minimum absolute atomic E-state index is 0.444. The lowest BCUT2D eigenvalue weighted by molar-refractivity contribution is 0.213. The summed E-state index contributed by atoms with van der Waals surface area (Å²) >= 11 is -1.17. The lowest BCUT2D eigenvalue weighted by Gasteiger charge is -2.18. The van der Waals surface area contributed by atoms with E-state index in [2.05, 4.69) is 22.3 Å². The van der Waals surface area contributed by atoms with Gasteiger partial charge in [-0.2, -0.15) is 0 Å². The molecule has 1 fully saturated rings. The molecule has 0 amide bonds. The van der Waals surface area contributed by atoms with Gasteiger partial charge in [0.15, 0.2) is 11.2 Å². The summed E-state index contributed by atoms with van der Waals surface area (Å²) in [6, 6.07) is 9.80. The fourth-order valence-corrected chi connectivity index (χ4v) is 5.33. The number of nitrogen functional groups attached to an aromatic ring is 1. The number of nitrogens with zero attached hydrogens (tertiary/aromatic N) is 4. The van der Waals surface area contributed by atoms with Gasteiger partial charge in [-0.25, -0.2) is 13.5 Å². The molecule has 4 rings (SSSR count). The van der Waals surface area contributed by atoms with Crippen LogP contribution in [0.25, 0.3) is 0 Å². The molecule has 1 aromatic carbocycles. The molecule has 2 heterocycles. The maximum Gasteiger partial charge on any atom is 0.199 e. The molecular formula is C22H29N5O3S. The number of rotatable bonds is 9. The Morgan fingerprint density at radius 3 is 2.90 bits per heavy atom. The standard InChI is InChI=1S/C22H29N5O3S/c1-29-25-21-8-5-17-15-19(6-7-20(17)21)30-14-4-2-3-11-26-12-13-27(31(26)28)18-9-10-24-22(23)16-18/h6-7,9-10,15-16H,2-5,8,11-14H2,1H3,(H2,23,24)/b25-21+. The van der Waals surface area contributed by atoms with E-state index in [0.717, 1.165) is 74.5 Å². The number of pyridine rings is 1. The normalized spacial score (nSPS) is 19.7. The van der Waals surface area contributed by atoms with Crippen LogP contribution in [0.3, 0.4) is 0 Å². The zero-order valence-corrected chi connectivity index (χ0v) is 18.6. The summed E-state index contributed by atoms with van der Waals surface area (Å²) in [4.78, 5) is 8.92. The monoisotopic (exact) mass is 443 g/mol. The number of nitrogens with two attached hydrogens (primary N) is 1. The highest BCUT2D eigenvalue weighted by Crippen LogP contribution is 2.27. The summed E-state index contributed by atoms with van der Waals surface area (Å²) < 4.78 is 22.6. The number of hydrogen-bond acceptors (Lipinski definition) is 6. The predicted molar refractivity (Wildman–Crippen MR) is 123 cm³/mol. The largest absolute Gasteiger partial charge is 0.494 e. The molecule has 0 spiro atoms. The summed E-state index contributed by atoms with van der Waals surface area (Å²) in [5.74, 6) is 1.35. The Morgan fingerprint density at radius 1 is 1.16 bits per heavy atom. The Kier molecular flexibility index (Phi) is 7.03. The first-order valence-electron chi connectivity index (χ1n) is 10.7. The lowest BCUT2D eigenvalue weighted by Crippen LogP contribution is -2.27. The molecule has 2 aliphatic rings. The zero-order valence-electron chi connectivity index (χ0n) is 17.8. The Hall–Kier alpha value is -2.65. The van der Waals surface area contributed by atoms with Gasteiger partial charge in [0, 0.05) is 37.5 Å². The molecule has 2 N–H and O–H groups in total. The Bertz CT molecular complexity index is 968. The van der Waals surface area contributed by atoms with Gasteiger partial charge in [-0.15, -0.1) is 0 Å². The van der Waals surface area contributed by atoms with Gasteiger partial charge in [0.1, 0.15) is 18.7 Å². The van der Waals surface area contributed by atoms with Crippen molar-refractivity contribution in [3.05, 3.63) is 47.7 Å². The summed E-state index contributed by atoms with van der Waals surface area (Å²) in [5.41, 5.74) is 10.0. The number of benzene rings is 1. The summed E-state index contributed by atoms with van der Waals surface area (Å²) in [5, 5.41) is 4.09. The van der Waals surface area contributed by atoms with Gasteiger partial charge in [0.2, 0.25) is 0 Å². The van der Waals surface area contributed by atoms with Crippen molar-refractivity contribution in [2.24, 2.45) is 5.16 Å². The van der Waals surface area contributed by atoms with Gasteiger partial charge in [0.25, 0.3) is 0 Å². The number of fused-ring (bicyclic) bond motifs is 1. The topological polar surface area (TPSA) is 93.3 Å². The first-order valence-corrected chi connectivity index (χ1v) is 11.7. The summed E-state index contributed by atoms with van der Waals surface area (Å²) in [6.07, 6.45) is 6.53. The average Bonchev–Trinajstić information content (AvgIpc) is 3.34. The third-order valence-corrected chi connectivity index (χ3v) is 7.13.